The molecule has 0 aliphatic rings. The Morgan fingerprint density at radius 2 is 1.43 bits per heavy atom. The standard InChI is InChI=1S/C21H37NO/c1-7-22(8-2)15-10-9-11-16-23-21-19(17(3)4)13-12-14-20(21)18(5)6/h12-14,17-18H,7-11,15-16H2,1-6H3. The Labute approximate surface area is 144 Å². The highest BCUT2D eigenvalue weighted by atomic mass is 16.5. The second kappa shape index (κ2) is 10.7. The van der Waals surface area contributed by atoms with Crippen molar-refractivity contribution in [2.75, 3.05) is 26.2 Å². The van der Waals surface area contributed by atoms with E-state index in [1.165, 1.54) is 30.5 Å². The van der Waals surface area contributed by atoms with Gasteiger partial charge >= 0.3 is 0 Å². The van der Waals surface area contributed by atoms with Gasteiger partial charge in [-0.3, -0.25) is 0 Å². The maximum absolute atomic E-state index is 6.24. The highest BCUT2D eigenvalue weighted by Crippen LogP contribution is 2.34. The van der Waals surface area contributed by atoms with Crippen LogP contribution in [0.5, 0.6) is 5.75 Å². The third-order valence-electron chi connectivity index (χ3n) is 4.58. The number of benzene rings is 1. The van der Waals surface area contributed by atoms with Crippen LogP contribution in [0.1, 0.15) is 83.8 Å². The number of para-hydroxylation sites is 1. The van der Waals surface area contributed by atoms with Gasteiger partial charge in [-0.1, -0.05) is 59.7 Å². The van der Waals surface area contributed by atoms with Crippen molar-refractivity contribution < 1.29 is 4.74 Å². The van der Waals surface area contributed by atoms with E-state index in [-0.39, 0.29) is 0 Å². The molecule has 0 amide bonds. The summed E-state index contributed by atoms with van der Waals surface area (Å²) in [5.41, 5.74) is 2.69. The van der Waals surface area contributed by atoms with Crippen molar-refractivity contribution in [3.05, 3.63) is 29.3 Å². The Bertz CT molecular complexity index is 409. The summed E-state index contributed by atoms with van der Waals surface area (Å²) in [6.45, 7) is 17.8. The average Bonchev–Trinajstić information content (AvgIpc) is 2.53. The zero-order chi connectivity index (χ0) is 17.2. The molecule has 0 aliphatic carbocycles. The molecular weight excluding hydrogens is 282 g/mol. The van der Waals surface area contributed by atoms with Gasteiger partial charge in [-0.2, -0.15) is 0 Å². The topological polar surface area (TPSA) is 12.5 Å². The normalized spacial score (nSPS) is 11.7. The highest BCUT2D eigenvalue weighted by molar-refractivity contribution is 5.44. The Balaban J connectivity index is 2.51. The first-order chi connectivity index (χ1) is 11.0. The van der Waals surface area contributed by atoms with Crippen LogP contribution in [0.4, 0.5) is 0 Å². The van der Waals surface area contributed by atoms with Gasteiger partial charge in [0.05, 0.1) is 6.61 Å². The minimum atomic E-state index is 0.506. The van der Waals surface area contributed by atoms with Gasteiger partial charge < -0.3 is 9.64 Å². The lowest BCUT2D eigenvalue weighted by Gasteiger charge is -2.20. The molecule has 0 saturated heterocycles. The van der Waals surface area contributed by atoms with Crippen LogP contribution in [0.2, 0.25) is 0 Å². The molecule has 1 rings (SSSR count). The molecule has 1 aromatic rings. The van der Waals surface area contributed by atoms with E-state index in [0.717, 1.165) is 31.9 Å². The third-order valence-corrected chi connectivity index (χ3v) is 4.58. The molecule has 0 spiro atoms. The van der Waals surface area contributed by atoms with Crippen molar-refractivity contribution in [2.24, 2.45) is 0 Å². The first-order valence-electron chi connectivity index (χ1n) is 9.49. The van der Waals surface area contributed by atoms with Gasteiger partial charge in [-0.25, -0.2) is 0 Å². The fourth-order valence-electron chi connectivity index (χ4n) is 2.98. The van der Waals surface area contributed by atoms with Gasteiger partial charge in [0.15, 0.2) is 0 Å². The summed E-state index contributed by atoms with van der Waals surface area (Å²) in [5.74, 6) is 2.15. The predicted octanol–water partition coefficient (Wildman–Crippen LogP) is 5.82. The van der Waals surface area contributed by atoms with Gasteiger partial charge in [0.2, 0.25) is 0 Å². The SMILES string of the molecule is CCN(CC)CCCCCOc1c(C(C)C)cccc1C(C)C. The molecule has 0 aliphatic heterocycles. The van der Waals surface area contributed by atoms with Crippen molar-refractivity contribution in [1.29, 1.82) is 0 Å². The van der Waals surface area contributed by atoms with Crippen LogP contribution in [0.25, 0.3) is 0 Å². The monoisotopic (exact) mass is 319 g/mol. The maximum atomic E-state index is 6.24. The fraction of sp³-hybridized carbons (Fsp3) is 0.714. The van der Waals surface area contributed by atoms with Crippen LogP contribution in [0, 0.1) is 0 Å². The predicted molar refractivity (Wildman–Crippen MR) is 102 cm³/mol. The van der Waals surface area contributed by atoms with Crippen LogP contribution >= 0.6 is 0 Å². The molecule has 0 aromatic heterocycles. The molecule has 0 atom stereocenters. The van der Waals surface area contributed by atoms with E-state index in [4.69, 9.17) is 4.74 Å². The Morgan fingerprint density at radius 3 is 1.91 bits per heavy atom. The van der Waals surface area contributed by atoms with Crippen molar-refractivity contribution in [3.63, 3.8) is 0 Å². The molecule has 0 bridgehead atoms. The summed E-state index contributed by atoms with van der Waals surface area (Å²) < 4.78 is 6.24. The van der Waals surface area contributed by atoms with Crippen molar-refractivity contribution >= 4 is 0 Å². The van der Waals surface area contributed by atoms with Gasteiger partial charge in [0.1, 0.15) is 5.75 Å². The highest BCUT2D eigenvalue weighted by Gasteiger charge is 2.14. The lowest BCUT2D eigenvalue weighted by Crippen LogP contribution is -2.23. The molecule has 0 radical (unpaired) electrons. The van der Waals surface area contributed by atoms with Gasteiger partial charge in [0.25, 0.3) is 0 Å². The van der Waals surface area contributed by atoms with Crippen LogP contribution in [-0.4, -0.2) is 31.1 Å². The van der Waals surface area contributed by atoms with E-state index < -0.39 is 0 Å². The van der Waals surface area contributed by atoms with Crippen LogP contribution in [0.3, 0.4) is 0 Å². The molecule has 0 saturated carbocycles. The summed E-state index contributed by atoms with van der Waals surface area (Å²) >= 11 is 0. The minimum absolute atomic E-state index is 0.506. The Kier molecular flexibility index (Phi) is 9.31. The average molecular weight is 320 g/mol. The quantitative estimate of drug-likeness (QED) is 0.476. The summed E-state index contributed by atoms with van der Waals surface area (Å²) in [7, 11) is 0. The number of hydrogen-bond acceptors (Lipinski definition) is 2. The first kappa shape index (κ1) is 20.0. The molecule has 1 aromatic carbocycles. The van der Waals surface area contributed by atoms with Gasteiger partial charge in [-0.15, -0.1) is 0 Å². The first-order valence-corrected chi connectivity index (χ1v) is 9.49. The van der Waals surface area contributed by atoms with Crippen molar-refractivity contribution in [2.45, 2.75) is 72.6 Å². The molecule has 132 valence electrons. The smallest absolute Gasteiger partial charge is 0.126 e. The van der Waals surface area contributed by atoms with E-state index in [2.05, 4.69) is 64.6 Å². The molecule has 0 unspecified atom stereocenters. The molecular formula is C21H37NO. The lowest BCUT2D eigenvalue weighted by molar-refractivity contribution is 0.274. The molecule has 2 heteroatoms. The summed E-state index contributed by atoms with van der Waals surface area (Å²) in [6.07, 6.45) is 3.66. The van der Waals surface area contributed by atoms with Crippen LogP contribution in [0.15, 0.2) is 18.2 Å². The summed E-state index contributed by atoms with van der Waals surface area (Å²) in [5, 5.41) is 0. The molecule has 23 heavy (non-hydrogen) atoms. The minimum Gasteiger partial charge on any atom is -0.493 e. The van der Waals surface area contributed by atoms with E-state index in [1.807, 2.05) is 0 Å². The molecule has 0 fully saturated rings. The zero-order valence-corrected chi connectivity index (χ0v) is 16.2. The molecule has 0 heterocycles. The molecule has 0 N–H and O–H groups in total. The van der Waals surface area contributed by atoms with E-state index in [9.17, 15) is 0 Å². The Morgan fingerprint density at radius 1 is 0.870 bits per heavy atom. The fourth-order valence-corrected chi connectivity index (χ4v) is 2.98. The largest absolute Gasteiger partial charge is 0.493 e. The Hall–Kier alpha value is -1.02. The van der Waals surface area contributed by atoms with Crippen LogP contribution < -0.4 is 4.74 Å². The van der Waals surface area contributed by atoms with Gasteiger partial charge in [0, 0.05) is 0 Å². The third kappa shape index (κ3) is 6.55. The maximum Gasteiger partial charge on any atom is 0.126 e. The second-order valence-electron chi connectivity index (χ2n) is 7.01. The molecule has 2 nitrogen and oxygen atoms in total. The number of nitrogens with zero attached hydrogens (tertiary/aromatic N) is 1. The summed E-state index contributed by atoms with van der Waals surface area (Å²) in [6, 6.07) is 6.60. The number of ether oxygens (including phenoxy) is 1. The summed E-state index contributed by atoms with van der Waals surface area (Å²) in [4.78, 5) is 2.49. The second-order valence-corrected chi connectivity index (χ2v) is 7.01. The number of rotatable bonds is 11. The van der Waals surface area contributed by atoms with Crippen LogP contribution in [-0.2, 0) is 0 Å². The number of hydrogen-bond donors (Lipinski definition) is 0. The van der Waals surface area contributed by atoms with E-state index >= 15 is 0 Å². The van der Waals surface area contributed by atoms with E-state index in [0.29, 0.717) is 11.8 Å². The lowest BCUT2D eigenvalue weighted by atomic mass is 9.94. The number of unbranched alkanes of at least 4 members (excludes halogenated alkanes) is 2. The zero-order valence-electron chi connectivity index (χ0n) is 16.2. The van der Waals surface area contributed by atoms with Crippen molar-refractivity contribution in [3.8, 4) is 5.75 Å². The van der Waals surface area contributed by atoms with E-state index in [1.54, 1.807) is 0 Å². The van der Waals surface area contributed by atoms with Gasteiger partial charge in [-0.05, 0) is 61.9 Å². The van der Waals surface area contributed by atoms with Crippen molar-refractivity contribution in [1.82, 2.24) is 4.90 Å².